The Morgan fingerprint density at radius 1 is 1.41 bits per heavy atom. The van der Waals surface area contributed by atoms with Gasteiger partial charge in [-0.3, -0.25) is 9.69 Å². The Morgan fingerprint density at radius 3 is 2.94 bits per heavy atom. The van der Waals surface area contributed by atoms with E-state index in [0.29, 0.717) is 18.5 Å². The van der Waals surface area contributed by atoms with Crippen molar-refractivity contribution in [2.75, 3.05) is 19.6 Å². The Balaban J connectivity index is 1.95. The number of nitrogens with zero attached hydrogens (tertiary/aromatic N) is 2. The molecule has 1 aliphatic heterocycles. The third kappa shape index (κ3) is 2.76. The van der Waals surface area contributed by atoms with Gasteiger partial charge in [0.25, 0.3) is 5.56 Å². The fourth-order valence-electron chi connectivity index (χ4n) is 2.63. The Kier molecular flexibility index (Phi) is 3.97. The number of nitrogens with two attached hydrogens (primary N) is 1. The maximum Gasteiger partial charge on any atom is 0.250 e. The summed E-state index contributed by atoms with van der Waals surface area (Å²) in [6, 6.07) is 5.76. The van der Waals surface area contributed by atoms with Crippen molar-refractivity contribution in [3.63, 3.8) is 0 Å². The average molecular weight is 235 g/mol. The lowest BCUT2D eigenvalue weighted by Gasteiger charge is -2.25. The quantitative estimate of drug-likeness (QED) is 0.827. The SMILES string of the molecule is CC1CCN(CCn2ccccc2=O)C1CN. The van der Waals surface area contributed by atoms with E-state index in [1.807, 2.05) is 12.3 Å². The fraction of sp³-hybridized carbons (Fsp3) is 0.615. The monoisotopic (exact) mass is 235 g/mol. The lowest BCUT2D eigenvalue weighted by atomic mass is 10.0. The van der Waals surface area contributed by atoms with Crippen molar-refractivity contribution in [1.29, 1.82) is 0 Å². The van der Waals surface area contributed by atoms with E-state index in [0.717, 1.165) is 19.6 Å². The van der Waals surface area contributed by atoms with Crippen LogP contribution in [0.2, 0.25) is 0 Å². The normalized spacial score (nSPS) is 25.3. The van der Waals surface area contributed by atoms with E-state index in [-0.39, 0.29) is 5.56 Å². The predicted molar refractivity (Wildman–Crippen MR) is 68.9 cm³/mol. The van der Waals surface area contributed by atoms with Crippen molar-refractivity contribution in [3.05, 3.63) is 34.7 Å². The lowest BCUT2D eigenvalue weighted by molar-refractivity contribution is 0.227. The molecule has 2 heterocycles. The fourth-order valence-corrected chi connectivity index (χ4v) is 2.63. The van der Waals surface area contributed by atoms with E-state index in [9.17, 15) is 4.79 Å². The molecule has 2 atom stereocenters. The van der Waals surface area contributed by atoms with Gasteiger partial charge in [-0.25, -0.2) is 0 Å². The van der Waals surface area contributed by atoms with E-state index in [4.69, 9.17) is 5.73 Å². The van der Waals surface area contributed by atoms with Crippen molar-refractivity contribution >= 4 is 0 Å². The molecule has 1 saturated heterocycles. The number of hydrogen-bond acceptors (Lipinski definition) is 3. The van der Waals surface area contributed by atoms with Crippen LogP contribution in [0, 0.1) is 5.92 Å². The van der Waals surface area contributed by atoms with Gasteiger partial charge in [-0.05, 0) is 24.9 Å². The zero-order valence-electron chi connectivity index (χ0n) is 10.4. The predicted octanol–water partition coefficient (Wildman–Crippen LogP) is 0.517. The second-order valence-corrected chi connectivity index (χ2v) is 4.84. The third-order valence-corrected chi connectivity index (χ3v) is 3.77. The molecule has 1 fully saturated rings. The third-order valence-electron chi connectivity index (χ3n) is 3.77. The number of hydrogen-bond donors (Lipinski definition) is 1. The second-order valence-electron chi connectivity index (χ2n) is 4.84. The van der Waals surface area contributed by atoms with Crippen molar-refractivity contribution < 1.29 is 0 Å². The first kappa shape index (κ1) is 12.3. The lowest BCUT2D eigenvalue weighted by Crippen LogP contribution is -2.40. The Labute approximate surface area is 102 Å². The van der Waals surface area contributed by atoms with E-state index >= 15 is 0 Å². The molecule has 4 heteroatoms. The van der Waals surface area contributed by atoms with Crippen LogP contribution < -0.4 is 11.3 Å². The minimum Gasteiger partial charge on any atom is -0.329 e. The molecule has 0 saturated carbocycles. The van der Waals surface area contributed by atoms with E-state index < -0.39 is 0 Å². The van der Waals surface area contributed by atoms with Crippen LogP contribution in [-0.2, 0) is 6.54 Å². The highest BCUT2D eigenvalue weighted by Gasteiger charge is 2.29. The minimum absolute atomic E-state index is 0.0732. The number of pyridine rings is 1. The second kappa shape index (κ2) is 5.47. The van der Waals surface area contributed by atoms with Crippen LogP contribution in [0.15, 0.2) is 29.2 Å². The smallest absolute Gasteiger partial charge is 0.250 e. The summed E-state index contributed by atoms with van der Waals surface area (Å²) < 4.78 is 1.76. The molecule has 2 unspecified atom stereocenters. The summed E-state index contributed by atoms with van der Waals surface area (Å²) in [5.41, 5.74) is 5.88. The highest BCUT2D eigenvalue weighted by molar-refractivity contribution is 4.93. The molecule has 2 rings (SSSR count). The van der Waals surface area contributed by atoms with Gasteiger partial charge in [-0.2, -0.15) is 0 Å². The Morgan fingerprint density at radius 2 is 2.24 bits per heavy atom. The first-order valence-corrected chi connectivity index (χ1v) is 6.32. The molecule has 1 aromatic heterocycles. The molecule has 0 radical (unpaired) electrons. The van der Waals surface area contributed by atoms with Crippen molar-refractivity contribution in [2.45, 2.75) is 25.9 Å². The van der Waals surface area contributed by atoms with Gasteiger partial charge in [0.2, 0.25) is 0 Å². The molecule has 2 N–H and O–H groups in total. The molecule has 4 nitrogen and oxygen atoms in total. The molecule has 1 aliphatic rings. The molecule has 0 amide bonds. The first-order chi connectivity index (χ1) is 8.22. The summed E-state index contributed by atoms with van der Waals surface area (Å²) in [5, 5.41) is 0. The molecule has 0 aromatic carbocycles. The summed E-state index contributed by atoms with van der Waals surface area (Å²) in [7, 11) is 0. The highest BCUT2D eigenvalue weighted by atomic mass is 16.1. The van der Waals surface area contributed by atoms with Crippen molar-refractivity contribution in [1.82, 2.24) is 9.47 Å². The molecule has 0 aliphatic carbocycles. The molecule has 0 bridgehead atoms. The largest absolute Gasteiger partial charge is 0.329 e. The summed E-state index contributed by atoms with van der Waals surface area (Å²) in [6.45, 7) is 5.74. The minimum atomic E-state index is 0.0732. The maximum atomic E-state index is 11.6. The highest BCUT2D eigenvalue weighted by Crippen LogP contribution is 2.22. The van der Waals surface area contributed by atoms with Crippen LogP contribution in [0.25, 0.3) is 0 Å². The molecule has 17 heavy (non-hydrogen) atoms. The van der Waals surface area contributed by atoms with Crippen molar-refractivity contribution in [3.8, 4) is 0 Å². The molecular weight excluding hydrogens is 214 g/mol. The maximum absolute atomic E-state index is 11.6. The summed E-state index contributed by atoms with van der Waals surface area (Å²) in [5.74, 6) is 0.674. The van der Waals surface area contributed by atoms with Crippen LogP contribution in [0.3, 0.4) is 0 Å². The number of aromatic nitrogens is 1. The van der Waals surface area contributed by atoms with E-state index in [1.54, 1.807) is 16.7 Å². The van der Waals surface area contributed by atoms with E-state index in [2.05, 4.69) is 11.8 Å². The standard InChI is InChI=1S/C13H21N3O/c1-11-5-7-15(12(11)10-14)8-9-16-6-3-2-4-13(16)17/h2-4,6,11-12H,5,7-10,14H2,1H3. The van der Waals surface area contributed by atoms with Gasteiger partial charge in [-0.15, -0.1) is 0 Å². The van der Waals surface area contributed by atoms with Gasteiger partial charge < -0.3 is 10.3 Å². The topological polar surface area (TPSA) is 51.3 Å². The van der Waals surface area contributed by atoms with Gasteiger partial charge in [0.05, 0.1) is 0 Å². The first-order valence-electron chi connectivity index (χ1n) is 6.32. The number of rotatable bonds is 4. The van der Waals surface area contributed by atoms with Crippen molar-refractivity contribution in [2.24, 2.45) is 11.7 Å². The Hall–Kier alpha value is -1.13. The summed E-state index contributed by atoms with van der Waals surface area (Å²) in [6.07, 6.45) is 3.06. The van der Waals surface area contributed by atoms with Crippen LogP contribution >= 0.6 is 0 Å². The van der Waals surface area contributed by atoms with Crippen LogP contribution in [-0.4, -0.2) is 35.1 Å². The molecule has 0 spiro atoms. The van der Waals surface area contributed by atoms with Gasteiger partial charge in [-0.1, -0.05) is 13.0 Å². The summed E-state index contributed by atoms with van der Waals surface area (Å²) >= 11 is 0. The molecular formula is C13H21N3O. The van der Waals surface area contributed by atoms with Crippen LogP contribution in [0.5, 0.6) is 0 Å². The molecule has 1 aromatic rings. The number of likely N-dealkylation sites (tertiary alicyclic amines) is 1. The van der Waals surface area contributed by atoms with Gasteiger partial charge >= 0.3 is 0 Å². The average Bonchev–Trinajstić information content (AvgIpc) is 2.69. The zero-order valence-corrected chi connectivity index (χ0v) is 10.4. The zero-order chi connectivity index (χ0) is 12.3. The molecule has 94 valence electrons. The van der Waals surface area contributed by atoms with Gasteiger partial charge in [0.1, 0.15) is 0 Å². The van der Waals surface area contributed by atoms with Gasteiger partial charge in [0.15, 0.2) is 0 Å². The Bertz CT molecular complexity index is 415. The van der Waals surface area contributed by atoms with Crippen LogP contribution in [0.1, 0.15) is 13.3 Å². The van der Waals surface area contributed by atoms with Crippen LogP contribution in [0.4, 0.5) is 0 Å². The summed E-state index contributed by atoms with van der Waals surface area (Å²) in [4.78, 5) is 14.0. The van der Waals surface area contributed by atoms with E-state index in [1.165, 1.54) is 6.42 Å². The van der Waals surface area contributed by atoms with Gasteiger partial charge in [0, 0.05) is 37.9 Å².